The van der Waals surface area contributed by atoms with Gasteiger partial charge in [-0.2, -0.15) is 0 Å². The third kappa shape index (κ3) is 3.54. The van der Waals surface area contributed by atoms with Crippen molar-refractivity contribution in [3.05, 3.63) is 85.4 Å². The van der Waals surface area contributed by atoms with Gasteiger partial charge in [0.2, 0.25) is 5.13 Å². The van der Waals surface area contributed by atoms with E-state index in [-0.39, 0.29) is 22.2 Å². The smallest absolute Gasteiger partial charge is 0.301 e. The van der Waals surface area contributed by atoms with Crippen LogP contribution in [0.3, 0.4) is 0 Å². The van der Waals surface area contributed by atoms with Crippen LogP contribution in [0, 0.1) is 30.9 Å². The number of Topliss-reactive ketones (excluding diaryl/α,β-unsaturated/α-hetero) is 1. The molecule has 0 aliphatic carbocycles. The summed E-state index contributed by atoms with van der Waals surface area (Å²) in [6.07, 6.45) is 0. The van der Waals surface area contributed by atoms with E-state index in [1.165, 1.54) is 18.2 Å². The lowest BCUT2D eigenvalue weighted by molar-refractivity contribution is -0.384. The van der Waals surface area contributed by atoms with Crippen LogP contribution in [0.4, 0.5) is 10.8 Å². The molecule has 3 aromatic rings. The molecule has 1 aliphatic heterocycles. The highest BCUT2D eigenvalue weighted by Crippen LogP contribution is 2.43. The zero-order valence-corrected chi connectivity index (χ0v) is 18.2. The van der Waals surface area contributed by atoms with Gasteiger partial charge in [0.25, 0.3) is 11.5 Å². The van der Waals surface area contributed by atoms with Gasteiger partial charge in [-0.1, -0.05) is 41.2 Å². The molecule has 9 nitrogen and oxygen atoms in total. The Hall–Kier alpha value is -3.92. The van der Waals surface area contributed by atoms with Gasteiger partial charge in [0, 0.05) is 17.7 Å². The number of hydrogen-bond donors (Lipinski definition) is 1. The second-order valence-corrected chi connectivity index (χ2v) is 8.60. The normalized spacial score (nSPS) is 17.7. The number of aromatic nitrogens is 2. The lowest BCUT2D eigenvalue weighted by atomic mass is 9.93. The van der Waals surface area contributed by atoms with E-state index in [0.717, 1.165) is 21.8 Å². The van der Waals surface area contributed by atoms with E-state index in [1.807, 2.05) is 13.0 Å². The Labute approximate surface area is 186 Å². The number of benzene rings is 2. The minimum atomic E-state index is -1.10. The molecule has 1 unspecified atom stereocenters. The molecule has 2 aromatic carbocycles. The molecule has 162 valence electrons. The van der Waals surface area contributed by atoms with Crippen LogP contribution in [0.15, 0.2) is 48.0 Å². The third-order valence-electron chi connectivity index (χ3n) is 5.21. The maximum atomic E-state index is 13.1. The lowest BCUT2D eigenvalue weighted by Crippen LogP contribution is -2.29. The van der Waals surface area contributed by atoms with Crippen LogP contribution in [-0.2, 0) is 9.59 Å². The molecule has 1 atom stereocenters. The van der Waals surface area contributed by atoms with E-state index in [4.69, 9.17) is 0 Å². The molecule has 0 saturated carbocycles. The largest absolute Gasteiger partial charge is 0.507 e. The maximum Gasteiger partial charge on any atom is 0.301 e. The van der Waals surface area contributed by atoms with Gasteiger partial charge in [-0.3, -0.25) is 24.6 Å². The highest BCUT2D eigenvalue weighted by molar-refractivity contribution is 7.15. The fraction of sp³-hybridized carbons (Fsp3) is 0.182. The second-order valence-electron chi connectivity index (χ2n) is 7.44. The number of carbonyl (C=O) groups is 2. The Morgan fingerprint density at radius 3 is 2.53 bits per heavy atom. The van der Waals surface area contributed by atoms with E-state index in [1.54, 1.807) is 32.0 Å². The average Bonchev–Trinajstić information content (AvgIpc) is 3.30. The minimum absolute atomic E-state index is 0.156. The van der Waals surface area contributed by atoms with Crippen LogP contribution in [-0.4, -0.2) is 31.9 Å². The van der Waals surface area contributed by atoms with Gasteiger partial charge in [0.15, 0.2) is 0 Å². The fourth-order valence-electron chi connectivity index (χ4n) is 3.67. The molecule has 1 amide bonds. The van der Waals surface area contributed by atoms with Crippen molar-refractivity contribution in [2.45, 2.75) is 26.8 Å². The molecular weight excluding hydrogens is 432 g/mol. The number of carbonyl (C=O) groups excluding carboxylic acids is 2. The Kier molecular flexibility index (Phi) is 5.31. The summed E-state index contributed by atoms with van der Waals surface area (Å²) in [4.78, 5) is 38.1. The molecule has 1 aromatic heterocycles. The molecule has 2 heterocycles. The highest BCUT2D eigenvalue weighted by atomic mass is 32.1. The number of non-ortho nitro benzene ring substituents is 1. The van der Waals surface area contributed by atoms with E-state index in [2.05, 4.69) is 10.2 Å². The summed E-state index contributed by atoms with van der Waals surface area (Å²) < 4.78 is 0. The third-order valence-corrected chi connectivity index (χ3v) is 6.05. The first kappa shape index (κ1) is 21.3. The first-order chi connectivity index (χ1) is 15.2. The first-order valence-electron chi connectivity index (χ1n) is 9.62. The Balaban J connectivity index is 2.00. The standard InChI is InChI=1S/C22H18N4O5S/c1-11-7-8-12(2)16(9-11)19(27)17-18(14-5-4-6-15(10-14)26(30)31)25(21(29)20(17)28)22-24-23-13(3)32-22/h4-10,18,27H,1-3H3/b19-17+. The summed E-state index contributed by atoms with van der Waals surface area (Å²) in [6.45, 7) is 5.33. The zero-order valence-electron chi connectivity index (χ0n) is 17.4. The van der Waals surface area contributed by atoms with Crippen LogP contribution in [0.2, 0.25) is 0 Å². The number of aryl methyl sites for hydroxylation is 3. The summed E-state index contributed by atoms with van der Waals surface area (Å²) in [7, 11) is 0. The van der Waals surface area contributed by atoms with Crippen LogP contribution in [0.1, 0.15) is 33.3 Å². The molecule has 1 saturated heterocycles. The first-order valence-corrected chi connectivity index (χ1v) is 10.4. The molecule has 1 fully saturated rings. The topological polar surface area (TPSA) is 127 Å². The minimum Gasteiger partial charge on any atom is -0.507 e. The van der Waals surface area contributed by atoms with Crippen molar-refractivity contribution in [1.82, 2.24) is 10.2 Å². The van der Waals surface area contributed by atoms with Crippen molar-refractivity contribution in [3.63, 3.8) is 0 Å². The highest BCUT2D eigenvalue weighted by Gasteiger charge is 2.48. The average molecular weight is 450 g/mol. The summed E-state index contributed by atoms with van der Waals surface area (Å²) in [5.41, 5.74) is 1.93. The van der Waals surface area contributed by atoms with Gasteiger partial charge in [0.05, 0.1) is 16.5 Å². The number of anilines is 1. The predicted molar refractivity (Wildman–Crippen MR) is 118 cm³/mol. The number of nitro benzene ring substituents is 1. The Morgan fingerprint density at radius 2 is 1.88 bits per heavy atom. The van der Waals surface area contributed by atoms with Gasteiger partial charge >= 0.3 is 5.91 Å². The van der Waals surface area contributed by atoms with E-state index in [0.29, 0.717) is 21.7 Å². The van der Waals surface area contributed by atoms with Crippen molar-refractivity contribution in [2.24, 2.45) is 0 Å². The van der Waals surface area contributed by atoms with Crippen LogP contribution in [0.25, 0.3) is 5.76 Å². The van der Waals surface area contributed by atoms with Crippen LogP contribution in [0.5, 0.6) is 0 Å². The molecule has 0 bridgehead atoms. The SMILES string of the molecule is Cc1ccc(C)c(/C(O)=C2\C(=O)C(=O)N(c3nnc(C)s3)C2c2cccc([N+](=O)[O-])c2)c1. The van der Waals surface area contributed by atoms with Crippen molar-refractivity contribution >= 4 is 39.6 Å². The lowest BCUT2D eigenvalue weighted by Gasteiger charge is -2.22. The van der Waals surface area contributed by atoms with Gasteiger partial charge in [0.1, 0.15) is 10.8 Å². The number of nitro groups is 1. The molecule has 0 radical (unpaired) electrons. The summed E-state index contributed by atoms with van der Waals surface area (Å²) in [6, 6.07) is 9.93. The summed E-state index contributed by atoms with van der Waals surface area (Å²) >= 11 is 1.11. The number of aliphatic hydroxyl groups is 1. The maximum absolute atomic E-state index is 13.1. The number of rotatable bonds is 4. The molecule has 1 aliphatic rings. The van der Waals surface area contributed by atoms with Crippen LogP contribution < -0.4 is 4.90 Å². The van der Waals surface area contributed by atoms with Crippen molar-refractivity contribution < 1.29 is 19.6 Å². The monoisotopic (exact) mass is 450 g/mol. The second kappa shape index (κ2) is 7.97. The Bertz CT molecular complexity index is 1310. The summed E-state index contributed by atoms with van der Waals surface area (Å²) in [5.74, 6) is -2.12. The van der Waals surface area contributed by atoms with Gasteiger partial charge in [-0.05, 0) is 38.0 Å². The van der Waals surface area contributed by atoms with E-state index < -0.39 is 22.7 Å². The van der Waals surface area contributed by atoms with Crippen molar-refractivity contribution in [3.8, 4) is 0 Å². The molecule has 32 heavy (non-hydrogen) atoms. The number of nitrogens with zero attached hydrogens (tertiary/aromatic N) is 4. The van der Waals surface area contributed by atoms with E-state index >= 15 is 0 Å². The number of amides is 1. The number of aliphatic hydroxyl groups excluding tert-OH is 1. The molecule has 0 spiro atoms. The Morgan fingerprint density at radius 1 is 1.12 bits per heavy atom. The number of ketones is 1. The predicted octanol–water partition coefficient (Wildman–Crippen LogP) is 4.00. The number of hydrogen-bond acceptors (Lipinski definition) is 8. The van der Waals surface area contributed by atoms with Gasteiger partial charge in [-0.25, -0.2) is 0 Å². The van der Waals surface area contributed by atoms with Crippen molar-refractivity contribution in [2.75, 3.05) is 4.90 Å². The fourth-order valence-corrected chi connectivity index (χ4v) is 4.39. The van der Waals surface area contributed by atoms with E-state index in [9.17, 15) is 24.8 Å². The van der Waals surface area contributed by atoms with Crippen LogP contribution >= 0.6 is 11.3 Å². The summed E-state index contributed by atoms with van der Waals surface area (Å²) in [5, 5.41) is 31.2. The molecule has 10 heteroatoms. The van der Waals surface area contributed by atoms with Crippen molar-refractivity contribution in [1.29, 1.82) is 0 Å². The quantitative estimate of drug-likeness (QED) is 0.209. The molecular formula is C22H18N4O5S. The van der Waals surface area contributed by atoms with Gasteiger partial charge in [-0.15, -0.1) is 10.2 Å². The zero-order chi connectivity index (χ0) is 23.2. The molecule has 4 rings (SSSR count). The van der Waals surface area contributed by atoms with Gasteiger partial charge < -0.3 is 5.11 Å². The molecule has 1 N–H and O–H groups in total.